The van der Waals surface area contributed by atoms with Crippen LogP contribution >= 0.6 is 27.3 Å². The Morgan fingerprint density at radius 2 is 1.72 bits per heavy atom. The molecule has 1 N–H and O–H groups in total. The molecule has 0 saturated carbocycles. The van der Waals surface area contributed by atoms with Gasteiger partial charge in [-0.05, 0) is 63.1 Å². The Bertz CT molecular complexity index is 536. The van der Waals surface area contributed by atoms with Crippen molar-refractivity contribution in [2.45, 2.75) is 33.7 Å². The summed E-state index contributed by atoms with van der Waals surface area (Å²) < 4.78 is 1.14. The zero-order valence-electron chi connectivity index (χ0n) is 11.2. The van der Waals surface area contributed by atoms with Crippen LogP contribution in [0.25, 0.3) is 0 Å². The second-order valence-electron chi connectivity index (χ2n) is 4.73. The van der Waals surface area contributed by atoms with Crippen LogP contribution in [0.5, 0.6) is 0 Å². The highest BCUT2D eigenvalue weighted by atomic mass is 79.9. The molecule has 1 atom stereocenters. The van der Waals surface area contributed by atoms with Crippen molar-refractivity contribution in [1.82, 2.24) is 0 Å². The second-order valence-corrected chi connectivity index (χ2v) is 6.96. The number of anilines is 1. The summed E-state index contributed by atoms with van der Waals surface area (Å²) in [5.41, 5.74) is 3.81. The van der Waals surface area contributed by atoms with Gasteiger partial charge in [-0.1, -0.05) is 15.9 Å². The van der Waals surface area contributed by atoms with Crippen LogP contribution in [0.4, 0.5) is 5.69 Å². The van der Waals surface area contributed by atoms with E-state index in [1.807, 2.05) is 11.3 Å². The molecule has 1 aromatic heterocycles. The Kier molecular flexibility index (Phi) is 4.13. The molecule has 0 aliphatic rings. The summed E-state index contributed by atoms with van der Waals surface area (Å²) in [5, 5.41) is 3.62. The third kappa shape index (κ3) is 2.96. The summed E-state index contributed by atoms with van der Waals surface area (Å²) in [6, 6.07) is 9.05. The van der Waals surface area contributed by atoms with Crippen molar-refractivity contribution < 1.29 is 0 Å². The lowest BCUT2D eigenvalue weighted by Crippen LogP contribution is -2.07. The van der Waals surface area contributed by atoms with Gasteiger partial charge in [-0.25, -0.2) is 0 Å². The number of nitrogens with one attached hydrogen (secondary N) is 1. The topological polar surface area (TPSA) is 12.0 Å². The molecule has 1 aromatic carbocycles. The lowest BCUT2D eigenvalue weighted by molar-refractivity contribution is 0.902. The predicted molar refractivity (Wildman–Crippen MR) is 84.7 cm³/mol. The standard InChI is InChI=1S/C15H18BrNS/c1-9-7-13(16)8-10(2)15(9)17-12(4)14-6-5-11(3)18-14/h5-8,12,17H,1-4H3. The van der Waals surface area contributed by atoms with Crippen molar-refractivity contribution in [1.29, 1.82) is 0 Å². The second kappa shape index (κ2) is 5.45. The van der Waals surface area contributed by atoms with Gasteiger partial charge in [-0.15, -0.1) is 11.3 Å². The first-order valence-electron chi connectivity index (χ1n) is 6.07. The van der Waals surface area contributed by atoms with E-state index in [1.165, 1.54) is 26.6 Å². The maximum absolute atomic E-state index is 3.62. The number of halogens is 1. The third-order valence-electron chi connectivity index (χ3n) is 3.05. The normalized spacial score (nSPS) is 12.5. The first-order chi connectivity index (χ1) is 8.47. The summed E-state index contributed by atoms with van der Waals surface area (Å²) in [6.07, 6.45) is 0. The molecular formula is C15H18BrNS. The Labute approximate surface area is 121 Å². The van der Waals surface area contributed by atoms with Crippen LogP contribution in [0.2, 0.25) is 0 Å². The molecule has 18 heavy (non-hydrogen) atoms. The minimum Gasteiger partial charge on any atom is -0.377 e. The summed E-state index contributed by atoms with van der Waals surface area (Å²) in [7, 11) is 0. The number of hydrogen-bond acceptors (Lipinski definition) is 2. The van der Waals surface area contributed by atoms with Crippen LogP contribution < -0.4 is 5.32 Å². The average molecular weight is 324 g/mol. The summed E-state index contributed by atoms with van der Waals surface area (Å²) in [6.45, 7) is 8.65. The van der Waals surface area contributed by atoms with Gasteiger partial charge in [-0.2, -0.15) is 0 Å². The largest absolute Gasteiger partial charge is 0.377 e. The quantitative estimate of drug-likeness (QED) is 0.774. The third-order valence-corrected chi connectivity index (χ3v) is 4.69. The first-order valence-corrected chi connectivity index (χ1v) is 7.68. The van der Waals surface area contributed by atoms with Crippen molar-refractivity contribution in [3.05, 3.63) is 49.6 Å². The van der Waals surface area contributed by atoms with Gasteiger partial charge in [0.1, 0.15) is 0 Å². The molecule has 0 saturated heterocycles. The van der Waals surface area contributed by atoms with Crippen molar-refractivity contribution in [2.75, 3.05) is 5.32 Å². The Balaban J connectivity index is 2.24. The predicted octanol–water partition coefficient (Wildman–Crippen LogP) is 5.61. The Hall–Kier alpha value is -0.800. The molecular weight excluding hydrogens is 306 g/mol. The fraction of sp³-hybridized carbons (Fsp3) is 0.333. The van der Waals surface area contributed by atoms with Crippen LogP contribution in [0.3, 0.4) is 0 Å². The van der Waals surface area contributed by atoms with E-state index in [2.05, 4.69) is 73.2 Å². The molecule has 0 aliphatic carbocycles. The first kappa shape index (κ1) is 13.6. The van der Waals surface area contributed by atoms with Crippen LogP contribution in [0.15, 0.2) is 28.7 Å². The van der Waals surface area contributed by atoms with E-state index >= 15 is 0 Å². The van der Waals surface area contributed by atoms with Gasteiger partial charge in [0.25, 0.3) is 0 Å². The monoisotopic (exact) mass is 323 g/mol. The van der Waals surface area contributed by atoms with Crippen molar-refractivity contribution >= 4 is 33.0 Å². The fourth-order valence-electron chi connectivity index (χ4n) is 2.11. The molecule has 0 aliphatic heterocycles. The van der Waals surface area contributed by atoms with E-state index < -0.39 is 0 Å². The van der Waals surface area contributed by atoms with Crippen molar-refractivity contribution in [3.63, 3.8) is 0 Å². The summed E-state index contributed by atoms with van der Waals surface area (Å²) in [5.74, 6) is 0. The van der Waals surface area contributed by atoms with Gasteiger partial charge in [0.15, 0.2) is 0 Å². The summed E-state index contributed by atoms with van der Waals surface area (Å²) >= 11 is 5.39. The average Bonchev–Trinajstić information content (AvgIpc) is 2.70. The zero-order valence-corrected chi connectivity index (χ0v) is 13.6. The van der Waals surface area contributed by atoms with Gasteiger partial charge in [-0.3, -0.25) is 0 Å². The van der Waals surface area contributed by atoms with E-state index in [0.29, 0.717) is 6.04 Å². The molecule has 1 unspecified atom stereocenters. The lowest BCUT2D eigenvalue weighted by Gasteiger charge is -2.18. The van der Waals surface area contributed by atoms with Crippen molar-refractivity contribution in [3.8, 4) is 0 Å². The van der Waals surface area contributed by atoms with Gasteiger partial charge >= 0.3 is 0 Å². The molecule has 0 bridgehead atoms. The Morgan fingerprint density at radius 3 is 2.22 bits per heavy atom. The minimum absolute atomic E-state index is 0.349. The van der Waals surface area contributed by atoms with Crippen molar-refractivity contribution in [2.24, 2.45) is 0 Å². The molecule has 0 amide bonds. The Morgan fingerprint density at radius 1 is 1.11 bits per heavy atom. The number of benzene rings is 1. The van der Waals surface area contributed by atoms with E-state index in [-0.39, 0.29) is 0 Å². The molecule has 0 spiro atoms. The van der Waals surface area contributed by atoms with Crippen LogP contribution in [0, 0.1) is 20.8 Å². The van der Waals surface area contributed by atoms with Crippen LogP contribution in [-0.4, -0.2) is 0 Å². The molecule has 3 heteroatoms. The number of aryl methyl sites for hydroxylation is 3. The lowest BCUT2D eigenvalue weighted by atomic mass is 10.1. The maximum Gasteiger partial charge on any atom is 0.0578 e. The SMILES string of the molecule is Cc1ccc(C(C)Nc2c(C)cc(Br)cc2C)s1. The molecule has 0 radical (unpaired) electrons. The van der Waals surface area contributed by atoms with E-state index in [1.54, 1.807) is 0 Å². The molecule has 1 heterocycles. The number of rotatable bonds is 3. The molecule has 2 aromatic rings. The molecule has 96 valence electrons. The zero-order chi connectivity index (χ0) is 13.3. The maximum atomic E-state index is 3.62. The summed E-state index contributed by atoms with van der Waals surface area (Å²) in [4.78, 5) is 2.75. The highest BCUT2D eigenvalue weighted by Crippen LogP contribution is 2.30. The highest BCUT2D eigenvalue weighted by molar-refractivity contribution is 9.10. The van der Waals surface area contributed by atoms with E-state index in [0.717, 1.165) is 4.47 Å². The van der Waals surface area contributed by atoms with Gasteiger partial charge < -0.3 is 5.32 Å². The smallest absolute Gasteiger partial charge is 0.0578 e. The molecule has 1 nitrogen and oxygen atoms in total. The number of thiophene rings is 1. The van der Waals surface area contributed by atoms with E-state index in [4.69, 9.17) is 0 Å². The van der Waals surface area contributed by atoms with Crippen LogP contribution in [0.1, 0.15) is 33.8 Å². The molecule has 0 fully saturated rings. The minimum atomic E-state index is 0.349. The van der Waals surface area contributed by atoms with Gasteiger partial charge in [0, 0.05) is 19.9 Å². The van der Waals surface area contributed by atoms with Gasteiger partial charge in [0.05, 0.1) is 6.04 Å². The van der Waals surface area contributed by atoms with Gasteiger partial charge in [0.2, 0.25) is 0 Å². The fourth-order valence-corrected chi connectivity index (χ4v) is 3.68. The highest BCUT2D eigenvalue weighted by Gasteiger charge is 2.11. The van der Waals surface area contributed by atoms with E-state index in [9.17, 15) is 0 Å². The van der Waals surface area contributed by atoms with Crippen LogP contribution in [-0.2, 0) is 0 Å². The molecule has 2 rings (SSSR count). The number of hydrogen-bond donors (Lipinski definition) is 1.